The molecule has 108 valence electrons. The number of carboxylic acids is 1. The Morgan fingerprint density at radius 2 is 2.10 bits per heavy atom. The van der Waals surface area contributed by atoms with Crippen molar-refractivity contribution in [3.05, 3.63) is 35.4 Å². The minimum Gasteiger partial charge on any atom is -0.479 e. The molecule has 0 aromatic heterocycles. The summed E-state index contributed by atoms with van der Waals surface area (Å²) in [5.74, 6) is -1.48. The van der Waals surface area contributed by atoms with Gasteiger partial charge in [-0.15, -0.1) is 0 Å². The Hall–Kier alpha value is -1.92. The molecule has 1 aliphatic heterocycles. The van der Waals surface area contributed by atoms with Crippen LogP contribution in [-0.4, -0.2) is 42.8 Å². The number of carboxylic acid groups (broad SMARTS) is 1. The summed E-state index contributed by atoms with van der Waals surface area (Å²) in [5, 5.41) is 11.8. The molecule has 1 unspecified atom stereocenters. The molecule has 1 saturated heterocycles. The zero-order valence-corrected chi connectivity index (χ0v) is 11.2. The van der Waals surface area contributed by atoms with E-state index in [2.05, 4.69) is 5.32 Å². The summed E-state index contributed by atoms with van der Waals surface area (Å²) in [7, 11) is 1.59. The molecular formula is C14H17NO5. The average Bonchev–Trinajstić information content (AvgIpc) is 2.90. The minimum absolute atomic E-state index is 0.00414. The molecule has 2 N–H and O–H groups in total. The number of ether oxygens (including phenoxy) is 2. The Morgan fingerprint density at radius 3 is 2.60 bits per heavy atom. The molecule has 2 rings (SSSR count). The van der Waals surface area contributed by atoms with E-state index in [4.69, 9.17) is 9.47 Å². The van der Waals surface area contributed by atoms with Crippen molar-refractivity contribution in [1.29, 1.82) is 0 Å². The maximum absolute atomic E-state index is 12.1. The second-order valence-electron chi connectivity index (χ2n) is 4.77. The average molecular weight is 279 g/mol. The van der Waals surface area contributed by atoms with Crippen LogP contribution in [-0.2, 0) is 20.9 Å². The topological polar surface area (TPSA) is 84.9 Å². The van der Waals surface area contributed by atoms with Gasteiger partial charge in [-0.05, 0) is 17.7 Å². The standard InChI is InChI=1S/C14H17NO5/c1-19-8-10-2-4-11(5-3-10)12(16)15-14(13(17)18)6-7-20-9-14/h2-5H,6-9H2,1H3,(H,15,16)(H,17,18). The molecule has 1 aromatic rings. The summed E-state index contributed by atoms with van der Waals surface area (Å²) in [6.07, 6.45) is 0.274. The molecule has 20 heavy (non-hydrogen) atoms. The van der Waals surface area contributed by atoms with Crippen LogP contribution in [0.1, 0.15) is 22.3 Å². The molecule has 6 heteroatoms. The highest BCUT2D eigenvalue weighted by atomic mass is 16.5. The van der Waals surface area contributed by atoms with Gasteiger partial charge in [-0.25, -0.2) is 4.79 Å². The Balaban J connectivity index is 2.09. The first-order valence-corrected chi connectivity index (χ1v) is 6.29. The largest absolute Gasteiger partial charge is 0.479 e. The van der Waals surface area contributed by atoms with Crippen LogP contribution >= 0.6 is 0 Å². The molecule has 0 radical (unpaired) electrons. The van der Waals surface area contributed by atoms with Crippen LogP contribution in [0.5, 0.6) is 0 Å². The number of methoxy groups -OCH3 is 1. The van der Waals surface area contributed by atoms with Crippen LogP contribution in [0.3, 0.4) is 0 Å². The van der Waals surface area contributed by atoms with E-state index in [9.17, 15) is 14.7 Å². The first-order chi connectivity index (χ1) is 9.57. The van der Waals surface area contributed by atoms with E-state index < -0.39 is 17.4 Å². The maximum Gasteiger partial charge on any atom is 0.331 e. The fourth-order valence-corrected chi connectivity index (χ4v) is 2.09. The van der Waals surface area contributed by atoms with Crippen molar-refractivity contribution < 1.29 is 24.2 Å². The van der Waals surface area contributed by atoms with Crippen LogP contribution in [0.25, 0.3) is 0 Å². The summed E-state index contributed by atoms with van der Waals surface area (Å²) in [6, 6.07) is 6.85. The van der Waals surface area contributed by atoms with Gasteiger partial charge in [0.25, 0.3) is 5.91 Å². The summed E-state index contributed by atoms with van der Waals surface area (Å²) in [6.45, 7) is 0.796. The zero-order chi connectivity index (χ0) is 14.6. The summed E-state index contributed by atoms with van der Waals surface area (Å²) in [5.41, 5.74) is 0.0426. The van der Waals surface area contributed by atoms with Gasteiger partial charge in [0.15, 0.2) is 5.54 Å². The third-order valence-electron chi connectivity index (χ3n) is 3.31. The van der Waals surface area contributed by atoms with Gasteiger partial charge in [0.05, 0.1) is 13.2 Å². The zero-order valence-electron chi connectivity index (χ0n) is 11.2. The van der Waals surface area contributed by atoms with Gasteiger partial charge in [-0.1, -0.05) is 12.1 Å². The molecule has 1 heterocycles. The Bertz CT molecular complexity index is 491. The van der Waals surface area contributed by atoms with Crippen molar-refractivity contribution in [3.8, 4) is 0 Å². The smallest absolute Gasteiger partial charge is 0.331 e. The van der Waals surface area contributed by atoms with Crippen LogP contribution in [0.15, 0.2) is 24.3 Å². The highest BCUT2D eigenvalue weighted by molar-refractivity contribution is 5.98. The lowest BCUT2D eigenvalue weighted by Gasteiger charge is -2.23. The van der Waals surface area contributed by atoms with E-state index in [0.717, 1.165) is 5.56 Å². The molecule has 0 saturated carbocycles. The summed E-state index contributed by atoms with van der Waals surface area (Å²) >= 11 is 0. The van der Waals surface area contributed by atoms with Crippen LogP contribution in [0.4, 0.5) is 0 Å². The van der Waals surface area contributed by atoms with E-state index in [0.29, 0.717) is 18.8 Å². The van der Waals surface area contributed by atoms with Crippen molar-refractivity contribution in [3.63, 3.8) is 0 Å². The van der Waals surface area contributed by atoms with Crippen LogP contribution in [0.2, 0.25) is 0 Å². The van der Waals surface area contributed by atoms with E-state index in [1.807, 2.05) is 0 Å². The predicted octanol–water partition coefficient (Wildman–Crippen LogP) is 0.806. The molecule has 1 amide bonds. The van der Waals surface area contributed by atoms with E-state index in [1.54, 1.807) is 31.4 Å². The number of amides is 1. The fraction of sp³-hybridized carbons (Fsp3) is 0.429. The highest BCUT2D eigenvalue weighted by Gasteiger charge is 2.44. The molecule has 1 aromatic carbocycles. The number of hydrogen-bond acceptors (Lipinski definition) is 4. The van der Waals surface area contributed by atoms with Gasteiger partial charge in [-0.3, -0.25) is 4.79 Å². The van der Waals surface area contributed by atoms with E-state index >= 15 is 0 Å². The molecule has 0 aliphatic carbocycles. The van der Waals surface area contributed by atoms with Crippen LogP contribution in [0, 0.1) is 0 Å². The third kappa shape index (κ3) is 2.97. The van der Waals surface area contributed by atoms with Gasteiger partial charge in [0, 0.05) is 25.7 Å². The maximum atomic E-state index is 12.1. The summed E-state index contributed by atoms with van der Waals surface area (Å²) in [4.78, 5) is 23.4. The van der Waals surface area contributed by atoms with Crippen molar-refractivity contribution in [2.24, 2.45) is 0 Å². The number of benzene rings is 1. The Labute approximate surface area is 116 Å². The quantitative estimate of drug-likeness (QED) is 0.833. The van der Waals surface area contributed by atoms with Crippen molar-refractivity contribution in [2.75, 3.05) is 20.3 Å². The Morgan fingerprint density at radius 1 is 1.40 bits per heavy atom. The van der Waals surface area contributed by atoms with Gasteiger partial charge in [-0.2, -0.15) is 0 Å². The molecule has 1 aliphatic rings. The number of aliphatic carboxylic acids is 1. The molecule has 1 atom stereocenters. The predicted molar refractivity (Wildman–Crippen MR) is 70.4 cm³/mol. The second-order valence-corrected chi connectivity index (χ2v) is 4.77. The summed E-state index contributed by atoms with van der Waals surface area (Å²) < 4.78 is 10.1. The first-order valence-electron chi connectivity index (χ1n) is 6.29. The van der Waals surface area contributed by atoms with E-state index in [1.165, 1.54) is 0 Å². The van der Waals surface area contributed by atoms with Gasteiger partial charge in [0.1, 0.15) is 0 Å². The number of hydrogen-bond donors (Lipinski definition) is 2. The number of rotatable bonds is 5. The van der Waals surface area contributed by atoms with Crippen molar-refractivity contribution >= 4 is 11.9 Å². The lowest BCUT2D eigenvalue weighted by atomic mass is 9.98. The number of carbonyl (C=O) groups is 2. The van der Waals surface area contributed by atoms with Crippen LogP contribution < -0.4 is 5.32 Å². The van der Waals surface area contributed by atoms with Gasteiger partial charge in [0.2, 0.25) is 0 Å². The molecule has 0 spiro atoms. The normalized spacial score (nSPS) is 21.6. The third-order valence-corrected chi connectivity index (χ3v) is 3.31. The van der Waals surface area contributed by atoms with E-state index in [-0.39, 0.29) is 13.0 Å². The molecule has 1 fully saturated rings. The van der Waals surface area contributed by atoms with Crippen molar-refractivity contribution in [2.45, 2.75) is 18.6 Å². The highest BCUT2D eigenvalue weighted by Crippen LogP contribution is 2.20. The Kier molecular flexibility index (Phi) is 4.36. The SMILES string of the molecule is COCc1ccc(C(=O)NC2(C(=O)O)CCOC2)cc1. The van der Waals surface area contributed by atoms with Gasteiger partial charge >= 0.3 is 5.97 Å². The first kappa shape index (κ1) is 14.5. The molecular weight excluding hydrogens is 262 g/mol. The number of nitrogens with one attached hydrogen (secondary N) is 1. The number of carbonyl (C=O) groups excluding carboxylic acids is 1. The fourth-order valence-electron chi connectivity index (χ4n) is 2.09. The lowest BCUT2D eigenvalue weighted by molar-refractivity contribution is -0.144. The van der Waals surface area contributed by atoms with Crippen molar-refractivity contribution in [1.82, 2.24) is 5.32 Å². The monoisotopic (exact) mass is 279 g/mol. The molecule has 0 bridgehead atoms. The van der Waals surface area contributed by atoms with Gasteiger partial charge < -0.3 is 19.9 Å². The second kappa shape index (κ2) is 6.02. The lowest BCUT2D eigenvalue weighted by Crippen LogP contribution is -2.55. The minimum atomic E-state index is -1.32. The molecule has 6 nitrogen and oxygen atoms in total.